The summed E-state index contributed by atoms with van der Waals surface area (Å²) in [4.78, 5) is 2.63. The predicted octanol–water partition coefficient (Wildman–Crippen LogP) is 2.27. The van der Waals surface area contributed by atoms with Gasteiger partial charge in [-0.3, -0.25) is 4.90 Å². The van der Waals surface area contributed by atoms with E-state index in [1.54, 1.807) is 0 Å². The van der Waals surface area contributed by atoms with Crippen LogP contribution in [0.15, 0.2) is 24.3 Å². The third-order valence-corrected chi connectivity index (χ3v) is 4.26. The molecule has 2 heterocycles. The monoisotopic (exact) mass is 246 g/mol. The summed E-state index contributed by atoms with van der Waals surface area (Å²) in [5.74, 6) is 0.744. The van der Waals surface area contributed by atoms with Gasteiger partial charge in [-0.15, -0.1) is 0 Å². The lowest BCUT2D eigenvalue weighted by molar-refractivity contribution is -0.0384. The van der Waals surface area contributed by atoms with Gasteiger partial charge < -0.3 is 10.5 Å². The summed E-state index contributed by atoms with van der Waals surface area (Å²) in [6.07, 6.45) is 3.82. The minimum absolute atomic E-state index is 0.717. The Hall–Kier alpha value is -1.06. The highest BCUT2D eigenvalue weighted by Crippen LogP contribution is 2.30. The van der Waals surface area contributed by atoms with Crippen LogP contribution in [0.2, 0.25) is 0 Å². The Morgan fingerprint density at radius 3 is 3.17 bits per heavy atom. The summed E-state index contributed by atoms with van der Waals surface area (Å²) in [7, 11) is 0. The van der Waals surface area contributed by atoms with Crippen LogP contribution < -0.4 is 5.73 Å². The molecule has 3 rings (SSSR count). The van der Waals surface area contributed by atoms with Crippen molar-refractivity contribution in [3.63, 3.8) is 0 Å². The molecule has 3 heteroatoms. The number of piperidine rings is 1. The number of nitrogen functional groups attached to an aromatic ring is 1. The summed E-state index contributed by atoms with van der Waals surface area (Å²) in [5, 5.41) is 0. The second-order valence-corrected chi connectivity index (χ2v) is 5.55. The van der Waals surface area contributed by atoms with E-state index in [0.717, 1.165) is 31.4 Å². The minimum Gasteiger partial charge on any atom is -0.399 e. The Morgan fingerprint density at radius 1 is 1.33 bits per heavy atom. The Kier molecular flexibility index (Phi) is 3.52. The van der Waals surface area contributed by atoms with Crippen LogP contribution in [0.3, 0.4) is 0 Å². The van der Waals surface area contributed by atoms with Crippen LogP contribution in [0.1, 0.15) is 24.8 Å². The van der Waals surface area contributed by atoms with E-state index in [-0.39, 0.29) is 0 Å². The Morgan fingerprint density at radius 2 is 2.28 bits per heavy atom. The lowest BCUT2D eigenvalue weighted by atomic mass is 9.86. The second-order valence-electron chi connectivity index (χ2n) is 5.55. The van der Waals surface area contributed by atoms with Crippen molar-refractivity contribution in [2.45, 2.75) is 31.8 Å². The van der Waals surface area contributed by atoms with E-state index in [1.165, 1.54) is 31.4 Å². The number of benzene rings is 1. The maximum atomic E-state index is 5.86. The van der Waals surface area contributed by atoms with Crippen molar-refractivity contribution >= 4 is 5.69 Å². The number of nitrogens with two attached hydrogens (primary N) is 1. The average molecular weight is 246 g/mol. The number of ether oxygens (including phenoxy) is 1. The second kappa shape index (κ2) is 5.29. The van der Waals surface area contributed by atoms with Gasteiger partial charge in [0, 0.05) is 24.9 Å². The van der Waals surface area contributed by atoms with Crippen molar-refractivity contribution in [2.24, 2.45) is 5.92 Å². The largest absolute Gasteiger partial charge is 0.399 e. The van der Waals surface area contributed by atoms with Gasteiger partial charge in [0.15, 0.2) is 0 Å². The van der Waals surface area contributed by atoms with E-state index >= 15 is 0 Å². The van der Waals surface area contributed by atoms with Crippen LogP contribution in [-0.4, -0.2) is 30.7 Å². The lowest BCUT2D eigenvalue weighted by Gasteiger charge is -2.44. The summed E-state index contributed by atoms with van der Waals surface area (Å²) in [6.45, 7) is 4.13. The molecule has 0 aliphatic carbocycles. The molecule has 0 saturated carbocycles. The van der Waals surface area contributed by atoms with E-state index in [2.05, 4.69) is 23.1 Å². The molecule has 2 N–H and O–H groups in total. The third kappa shape index (κ3) is 2.52. The molecule has 18 heavy (non-hydrogen) atoms. The first-order valence-corrected chi connectivity index (χ1v) is 6.99. The van der Waals surface area contributed by atoms with Gasteiger partial charge in [0.1, 0.15) is 0 Å². The van der Waals surface area contributed by atoms with Crippen molar-refractivity contribution in [1.82, 2.24) is 4.90 Å². The van der Waals surface area contributed by atoms with Gasteiger partial charge in [0.05, 0.1) is 6.61 Å². The fourth-order valence-electron chi connectivity index (χ4n) is 3.39. The van der Waals surface area contributed by atoms with E-state index < -0.39 is 0 Å². The molecule has 2 aliphatic heterocycles. The topological polar surface area (TPSA) is 38.5 Å². The van der Waals surface area contributed by atoms with Gasteiger partial charge in [-0.05, 0) is 49.4 Å². The zero-order valence-electron chi connectivity index (χ0n) is 10.8. The maximum absolute atomic E-state index is 5.86. The standard InChI is InChI=1S/C15H22N2O/c16-14-5-1-3-12(9-14)10-17-7-2-4-13-11-18-8-6-15(13)17/h1,3,5,9,13,15H,2,4,6-8,10-11,16H2. The molecule has 2 unspecified atom stereocenters. The maximum Gasteiger partial charge on any atom is 0.0509 e. The number of hydrogen-bond acceptors (Lipinski definition) is 3. The van der Waals surface area contributed by atoms with Crippen molar-refractivity contribution in [1.29, 1.82) is 0 Å². The van der Waals surface area contributed by atoms with Gasteiger partial charge in [0.2, 0.25) is 0 Å². The summed E-state index contributed by atoms with van der Waals surface area (Å²) < 4.78 is 5.61. The number of fused-ring (bicyclic) bond motifs is 1. The van der Waals surface area contributed by atoms with Crippen LogP contribution >= 0.6 is 0 Å². The van der Waals surface area contributed by atoms with Crippen LogP contribution in [-0.2, 0) is 11.3 Å². The fourth-order valence-corrected chi connectivity index (χ4v) is 3.39. The van der Waals surface area contributed by atoms with Crippen molar-refractivity contribution < 1.29 is 4.74 Å². The van der Waals surface area contributed by atoms with Crippen molar-refractivity contribution in [3.8, 4) is 0 Å². The van der Waals surface area contributed by atoms with Gasteiger partial charge in [-0.1, -0.05) is 12.1 Å². The molecule has 2 aliphatic rings. The first kappa shape index (κ1) is 12.0. The molecule has 2 fully saturated rings. The molecule has 0 spiro atoms. The number of anilines is 1. The molecule has 3 nitrogen and oxygen atoms in total. The van der Waals surface area contributed by atoms with Gasteiger partial charge >= 0.3 is 0 Å². The predicted molar refractivity (Wildman–Crippen MR) is 73.2 cm³/mol. The Labute approximate surface area is 109 Å². The lowest BCUT2D eigenvalue weighted by Crippen LogP contribution is -2.49. The number of hydrogen-bond donors (Lipinski definition) is 1. The molecule has 1 aromatic carbocycles. The first-order valence-electron chi connectivity index (χ1n) is 6.99. The van der Waals surface area contributed by atoms with Crippen molar-refractivity contribution in [2.75, 3.05) is 25.5 Å². The van der Waals surface area contributed by atoms with Crippen LogP contribution in [0.5, 0.6) is 0 Å². The van der Waals surface area contributed by atoms with Crippen LogP contribution in [0.25, 0.3) is 0 Å². The first-order chi connectivity index (χ1) is 8.83. The van der Waals surface area contributed by atoms with E-state index in [9.17, 15) is 0 Å². The van der Waals surface area contributed by atoms with Gasteiger partial charge in [-0.25, -0.2) is 0 Å². The summed E-state index contributed by atoms with van der Waals surface area (Å²) >= 11 is 0. The third-order valence-electron chi connectivity index (χ3n) is 4.26. The highest BCUT2D eigenvalue weighted by atomic mass is 16.5. The van der Waals surface area contributed by atoms with E-state index in [1.807, 2.05) is 6.07 Å². The van der Waals surface area contributed by atoms with E-state index in [0.29, 0.717) is 6.04 Å². The molecular weight excluding hydrogens is 224 g/mol. The normalized spacial score (nSPS) is 28.9. The van der Waals surface area contributed by atoms with Crippen LogP contribution in [0, 0.1) is 5.92 Å². The highest BCUT2D eigenvalue weighted by Gasteiger charge is 2.33. The van der Waals surface area contributed by atoms with Crippen LogP contribution in [0.4, 0.5) is 5.69 Å². The fraction of sp³-hybridized carbons (Fsp3) is 0.600. The molecule has 0 radical (unpaired) electrons. The summed E-state index contributed by atoms with van der Waals surface area (Å²) in [5.41, 5.74) is 8.06. The highest BCUT2D eigenvalue weighted by molar-refractivity contribution is 5.40. The number of rotatable bonds is 2. The molecule has 0 bridgehead atoms. The van der Waals surface area contributed by atoms with Gasteiger partial charge in [-0.2, -0.15) is 0 Å². The molecule has 0 amide bonds. The molecule has 2 atom stereocenters. The zero-order valence-corrected chi connectivity index (χ0v) is 10.8. The molecule has 2 saturated heterocycles. The summed E-state index contributed by atoms with van der Waals surface area (Å²) in [6, 6.07) is 9.00. The molecule has 1 aromatic rings. The van der Waals surface area contributed by atoms with Gasteiger partial charge in [0.25, 0.3) is 0 Å². The Balaban J connectivity index is 1.71. The average Bonchev–Trinajstić information content (AvgIpc) is 2.39. The number of nitrogens with zero attached hydrogens (tertiary/aromatic N) is 1. The zero-order chi connectivity index (χ0) is 12.4. The van der Waals surface area contributed by atoms with E-state index in [4.69, 9.17) is 10.5 Å². The number of likely N-dealkylation sites (tertiary alicyclic amines) is 1. The van der Waals surface area contributed by atoms with Crippen molar-refractivity contribution in [3.05, 3.63) is 29.8 Å². The molecular formula is C15H22N2O. The smallest absolute Gasteiger partial charge is 0.0509 e. The molecule has 0 aromatic heterocycles. The Bertz CT molecular complexity index is 405. The quantitative estimate of drug-likeness (QED) is 0.814. The molecule has 98 valence electrons. The minimum atomic E-state index is 0.717. The SMILES string of the molecule is Nc1cccc(CN2CCCC3COCCC32)c1.